The maximum absolute atomic E-state index is 12.5. The summed E-state index contributed by atoms with van der Waals surface area (Å²) in [6.45, 7) is 7.54. The summed E-state index contributed by atoms with van der Waals surface area (Å²) >= 11 is 0. The van der Waals surface area contributed by atoms with Gasteiger partial charge in [0.1, 0.15) is 5.69 Å². The van der Waals surface area contributed by atoms with Crippen LogP contribution in [0.1, 0.15) is 29.3 Å². The molecule has 2 amide bonds. The van der Waals surface area contributed by atoms with Crippen LogP contribution in [-0.2, 0) is 13.1 Å². The van der Waals surface area contributed by atoms with Crippen LogP contribution in [0, 0.1) is 13.8 Å². The van der Waals surface area contributed by atoms with Crippen molar-refractivity contribution >= 4 is 6.03 Å². The zero-order chi connectivity index (χ0) is 19.2. The maximum atomic E-state index is 12.5. The van der Waals surface area contributed by atoms with Gasteiger partial charge in [0.05, 0.1) is 6.54 Å². The number of aryl methyl sites for hydroxylation is 2. The Hall–Kier alpha value is -3.08. The van der Waals surface area contributed by atoms with Gasteiger partial charge in [-0.1, -0.05) is 47.6 Å². The van der Waals surface area contributed by atoms with E-state index in [1.807, 2.05) is 49.4 Å². The highest BCUT2D eigenvalue weighted by atomic mass is 16.5. The van der Waals surface area contributed by atoms with E-state index in [2.05, 4.69) is 36.5 Å². The summed E-state index contributed by atoms with van der Waals surface area (Å²) in [5.41, 5.74) is 5.23. The predicted molar refractivity (Wildman–Crippen MR) is 106 cm³/mol. The molecule has 0 aliphatic heterocycles. The second-order valence-electron chi connectivity index (χ2n) is 6.66. The number of carbonyl (C=O) groups excluding carboxylic acids is 1. The van der Waals surface area contributed by atoms with Crippen LogP contribution in [0.15, 0.2) is 59.1 Å². The molecule has 3 rings (SSSR count). The van der Waals surface area contributed by atoms with Gasteiger partial charge < -0.3 is 14.7 Å². The van der Waals surface area contributed by atoms with Gasteiger partial charge in [0.2, 0.25) is 0 Å². The summed E-state index contributed by atoms with van der Waals surface area (Å²) in [5.74, 6) is 0.712. The molecule has 0 aliphatic rings. The van der Waals surface area contributed by atoms with Crippen molar-refractivity contribution in [2.24, 2.45) is 0 Å². The minimum Gasteiger partial charge on any atom is -0.356 e. The summed E-state index contributed by atoms with van der Waals surface area (Å²) < 4.78 is 5.53. The van der Waals surface area contributed by atoms with Crippen molar-refractivity contribution < 1.29 is 9.32 Å². The Kier molecular flexibility index (Phi) is 5.91. The van der Waals surface area contributed by atoms with Crippen LogP contribution < -0.4 is 5.32 Å². The number of nitrogens with one attached hydrogen (secondary N) is 1. The number of benzene rings is 2. The Morgan fingerprint density at radius 2 is 1.81 bits per heavy atom. The number of urea groups is 1. The summed E-state index contributed by atoms with van der Waals surface area (Å²) in [6.07, 6.45) is 0. The zero-order valence-corrected chi connectivity index (χ0v) is 16.0. The third-order valence-electron chi connectivity index (χ3n) is 4.53. The number of aromatic nitrogens is 1. The van der Waals surface area contributed by atoms with E-state index < -0.39 is 0 Å². The minimum atomic E-state index is -0.114. The average Bonchev–Trinajstić information content (AvgIpc) is 3.13. The number of carbonyl (C=O) groups is 1. The Morgan fingerprint density at radius 3 is 2.52 bits per heavy atom. The van der Waals surface area contributed by atoms with Gasteiger partial charge in [-0.2, -0.15) is 0 Å². The first-order chi connectivity index (χ1) is 13.1. The molecule has 0 radical (unpaired) electrons. The molecule has 140 valence electrons. The van der Waals surface area contributed by atoms with Crippen LogP contribution in [0.5, 0.6) is 0 Å². The molecule has 0 bridgehead atoms. The van der Waals surface area contributed by atoms with E-state index in [0.29, 0.717) is 25.4 Å². The fourth-order valence-corrected chi connectivity index (χ4v) is 2.88. The molecule has 3 aromatic rings. The van der Waals surface area contributed by atoms with Gasteiger partial charge in [0, 0.05) is 24.7 Å². The van der Waals surface area contributed by atoms with Crippen LogP contribution in [-0.4, -0.2) is 22.6 Å². The van der Waals surface area contributed by atoms with Gasteiger partial charge in [-0.05, 0) is 43.5 Å². The fraction of sp³-hybridized carbons (Fsp3) is 0.273. The van der Waals surface area contributed by atoms with Crippen molar-refractivity contribution in [1.29, 1.82) is 0 Å². The molecule has 0 atom stereocenters. The number of hydrogen-bond acceptors (Lipinski definition) is 3. The molecule has 1 heterocycles. The van der Waals surface area contributed by atoms with Gasteiger partial charge in [0.15, 0.2) is 5.76 Å². The van der Waals surface area contributed by atoms with E-state index in [-0.39, 0.29) is 6.03 Å². The van der Waals surface area contributed by atoms with E-state index in [4.69, 9.17) is 4.52 Å². The molecule has 5 heteroatoms. The second-order valence-corrected chi connectivity index (χ2v) is 6.66. The molecule has 0 saturated heterocycles. The molecular formula is C22H25N3O2. The average molecular weight is 363 g/mol. The highest BCUT2D eigenvalue weighted by Crippen LogP contribution is 2.23. The molecule has 1 N–H and O–H groups in total. The van der Waals surface area contributed by atoms with Crippen LogP contribution in [0.4, 0.5) is 4.79 Å². The SMILES string of the molecule is CCNC(=O)N(Cc1ccccc1)Cc1cc(-c2ccc(C)c(C)c2)on1. The summed E-state index contributed by atoms with van der Waals surface area (Å²) in [6, 6.07) is 17.9. The molecule has 0 unspecified atom stereocenters. The number of amides is 2. The van der Waals surface area contributed by atoms with Gasteiger partial charge in [-0.3, -0.25) is 0 Å². The van der Waals surface area contributed by atoms with Crippen molar-refractivity contribution in [3.05, 3.63) is 77.0 Å². The summed E-state index contributed by atoms with van der Waals surface area (Å²) in [5, 5.41) is 7.04. The van der Waals surface area contributed by atoms with Crippen LogP contribution in [0.2, 0.25) is 0 Å². The monoisotopic (exact) mass is 363 g/mol. The second kappa shape index (κ2) is 8.54. The Bertz CT molecular complexity index is 903. The van der Waals surface area contributed by atoms with Crippen molar-refractivity contribution in [1.82, 2.24) is 15.4 Å². The van der Waals surface area contributed by atoms with Crippen molar-refractivity contribution in [2.45, 2.75) is 33.9 Å². The lowest BCUT2D eigenvalue weighted by Crippen LogP contribution is -2.39. The topological polar surface area (TPSA) is 58.4 Å². The van der Waals surface area contributed by atoms with Crippen LogP contribution in [0.25, 0.3) is 11.3 Å². The quantitative estimate of drug-likeness (QED) is 0.691. The molecule has 0 spiro atoms. The summed E-state index contributed by atoms with van der Waals surface area (Å²) in [7, 11) is 0. The van der Waals surface area contributed by atoms with E-state index in [0.717, 1.165) is 16.8 Å². The van der Waals surface area contributed by atoms with Crippen molar-refractivity contribution in [2.75, 3.05) is 6.54 Å². The largest absolute Gasteiger partial charge is 0.356 e. The Morgan fingerprint density at radius 1 is 1.04 bits per heavy atom. The lowest BCUT2D eigenvalue weighted by Gasteiger charge is -2.21. The van der Waals surface area contributed by atoms with Crippen molar-refractivity contribution in [3.63, 3.8) is 0 Å². The highest BCUT2D eigenvalue weighted by molar-refractivity contribution is 5.74. The Balaban J connectivity index is 1.78. The number of rotatable bonds is 6. The smallest absolute Gasteiger partial charge is 0.318 e. The number of hydrogen-bond donors (Lipinski definition) is 1. The standard InChI is InChI=1S/C22H25N3O2/c1-4-23-22(26)25(14-18-8-6-5-7-9-18)15-20-13-21(27-24-20)19-11-10-16(2)17(3)12-19/h5-13H,4,14-15H2,1-3H3,(H,23,26). The van der Waals surface area contributed by atoms with E-state index >= 15 is 0 Å². The first kappa shape index (κ1) is 18.7. The summed E-state index contributed by atoms with van der Waals surface area (Å²) in [4.78, 5) is 14.2. The van der Waals surface area contributed by atoms with Crippen LogP contribution in [0.3, 0.4) is 0 Å². The fourth-order valence-electron chi connectivity index (χ4n) is 2.88. The molecule has 1 aromatic heterocycles. The molecule has 0 fully saturated rings. The molecule has 0 aliphatic carbocycles. The van der Waals surface area contributed by atoms with Crippen LogP contribution >= 0.6 is 0 Å². The van der Waals surface area contributed by atoms with E-state index in [1.165, 1.54) is 11.1 Å². The third-order valence-corrected chi connectivity index (χ3v) is 4.53. The molecular weight excluding hydrogens is 338 g/mol. The minimum absolute atomic E-state index is 0.114. The Labute approximate surface area is 160 Å². The maximum Gasteiger partial charge on any atom is 0.318 e. The normalized spacial score (nSPS) is 10.6. The molecule has 5 nitrogen and oxygen atoms in total. The number of nitrogens with zero attached hydrogens (tertiary/aromatic N) is 2. The van der Waals surface area contributed by atoms with Gasteiger partial charge in [0.25, 0.3) is 0 Å². The van der Waals surface area contributed by atoms with Gasteiger partial charge in [-0.15, -0.1) is 0 Å². The predicted octanol–water partition coefficient (Wildman–Crippen LogP) is 4.69. The first-order valence-corrected chi connectivity index (χ1v) is 9.16. The van der Waals surface area contributed by atoms with Gasteiger partial charge >= 0.3 is 6.03 Å². The first-order valence-electron chi connectivity index (χ1n) is 9.16. The molecule has 0 saturated carbocycles. The van der Waals surface area contributed by atoms with E-state index in [9.17, 15) is 4.79 Å². The molecule has 2 aromatic carbocycles. The van der Waals surface area contributed by atoms with Crippen molar-refractivity contribution in [3.8, 4) is 11.3 Å². The van der Waals surface area contributed by atoms with Gasteiger partial charge in [-0.25, -0.2) is 4.79 Å². The third kappa shape index (κ3) is 4.76. The lowest BCUT2D eigenvalue weighted by molar-refractivity contribution is 0.191. The highest BCUT2D eigenvalue weighted by Gasteiger charge is 2.17. The lowest BCUT2D eigenvalue weighted by atomic mass is 10.0. The molecule has 27 heavy (non-hydrogen) atoms. The zero-order valence-electron chi connectivity index (χ0n) is 16.0. The van der Waals surface area contributed by atoms with E-state index in [1.54, 1.807) is 4.90 Å².